The van der Waals surface area contributed by atoms with E-state index in [9.17, 15) is 4.79 Å². The summed E-state index contributed by atoms with van der Waals surface area (Å²) >= 11 is 3.39. The predicted molar refractivity (Wildman–Crippen MR) is 95.1 cm³/mol. The van der Waals surface area contributed by atoms with Crippen LogP contribution < -0.4 is 10.1 Å². The molecule has 0 unspecified atom stereocenters. The maximum absolute atomic E-state index is 12.5. The zero-order valence-electron chi connectivity index (χ0n) is 12.2. The standard InChI is InChI=1S/C19H14BrNO2/c20-14-7-6-8-15(13-14)21-19(22)17-11-4-5-12-18(17)23-16-9-2-1-3-10-16/h1-13H,(H,21,22). The molecule has 1 amide bonds. The molecule has 0 heterocycles. The van der Waals surface area contributed by atoms with Gasteiger partial charge in [-0.1, -0.05) is 52.3 Å². The minimum absolute atomic E-state index is 0.213. The van der Waals surface area contributed by atoms with Crippen LogP contribution in [0.4, 0.5) is 5.69 Å². The zero-order chi connectivity index (χ0) is 16.1. The summed E-state index contributed by atoms with van der Waals surface area (Å²) in [6.45, 7) is 0. The van der Waals surface area contributed by atoms with E-state index in [1.807, 2.05) is 66.7 Å². The molecule has 0 aliphatic carbocycles. The van der Waals surface area contributed by atoms with Crippen LogP contribution >= 0.6 is 15.9 Å². The van der Waals surface area contributed by atoms with E-state index in [1.54, 1.807) is 12.1 Å². The van der Waals surface area contributed by atoms with Crippen molar-refractivity contribution in [3.63, 3.8) is 0 Å². The van der Waals surface area contributed by atoms with Gasteiger partial charge in [0.2, 0.25) is 0 Å². The number of hydrogen-bond acceptors (Lipinski definition) is 2. The Morgan fingerprint density at radius 1 is 0.870 bits per heavy atom. The minimum atomic E-state index is -0.213. The summed E-state index contributed by atoms with van der Waals surface area (Å²) in [5.74, 6) is 0.996. The molecule has 0 saturated carbocycles. The van der Waals surface area contributed by atoms with Crippen LogP contribution in [0.3, 0.4) is 0 Å². The Balaban J connectivity index is 1.83. The molecule has 0 saturated heterocycles. The van der Waals surface area contributed by atoms with Crippen LogP contribution in [-0.4, -0.2) is 5.91 Å². The summed E-state index contributed by atoms with van der Waals surface area (Å²) in [7, 11) is 0. The van der Waals surface area contributed by atoms with Crippen LogP contribution in [0.2, 0.25) is 0 Å². The van der Waals surface area contributed by atoms with E-state index < -0.39 is 0 Å². The molecule has 114 valence electrons. The second-order valence-electron chi connectivity index (χ2n) is 4.88. The van der Waals surface area contributed by atoms with E-state index in [0.29, 0.717) is 17.1 Å². The number of carbonyl (C=O) groups is 1. The molecule has 0 bridgehead atoms. The van der Waals surface area contributed by atoms with E-state index in [-0.39, 0.29) is 5.91 Å². The maximum Gasteiger partial charge on any atom is 0.259 e. The molecular formula is C19H14BrNO2. The van der Waals surface area contributed by atoms with Crippen molar-refractivity contribution in [3.8, 4) is 11.5 Å². The molecule has 0 aromatic heterocycles. The lowest BCUT2D eigenvalue weighted by Gasteiger charge is -2.11. The fourth-order valence-electron chi connectivity index (χ4n) is 2.12. The Bertz CT molecular complexity index is 818. The molecule has 4 heteroatoms. The molecule has 0 aliphatic rings. The fourth-order valence-corrected chi connectivity index (χ4v) is 2.52. The summed E-state index contributed by atoms with van der Waals surface area (Å²) < 4.78 is 6.73. The zero-order valence-corrected chi connectivity index (χ0v) is 13.8. The van der Waals surface area contributed by atoms with E-state index >= 15 is 0 Å². The molecule has 3 nitrogen and oxygen atoms in total. The number of anilines is 1. The average Bonchev–Trinajstić information content (AvgIpc) is 2.56. The number of rotatable bonds is 4. The van der Waals surface area contributed by atoms with E-state index in [4.69, 9.17) is 4.74 Å². The number of hydrogen-bond donors (Lipinski definition) is 1. The van der Waals surface area contributed by atoms with Gasteiger partial charge in [0.15, 0.2) is 0 Å². The minimum Gasteiger partial charge on any atom is -0.457 e. The topological polar surface area (TPSA) is 38.3 Å². The third-order valence-corrected chi connectivity index (χ3v) is 3.68. The Kier molecular flexibility index (Phi) is 4.74. The maximum atomic E-state index is 12.5. The Labute approximate surface area is 143 Å². The normalized spacial score (nSPS) is 10.1. The third-order valence-electron chi connectivity index (χ3n) is 3.19. The van der Waals surface area contributed by atoms with Crippen molar-refractivity contribution < 1.29 is 9.53 Å². The van der Waals surface area contributed by atoms with Crippen molar-refractivity contribution in [2.24, 2.45) is 0 Å². The first kappa shape index (κ1) is 15.3. The number of amides is 1. The number of benzene rings is 3. The molecule has 1 N–H and O–H groups in total. The summed E-state index contributed by atoms with van der Waals surface area (Å²) in [4.78, 5) is 12.5. The highest BCUT2D eigenvalue weighted by atomic mass is 79.9. The van der Waals surface area contributed by atoms with Gasteiger partial charge < -0.3 is 10.1 Å². The van der Waals surface area contributed by atoms with Crippen molar-refractivity contribution in [2.45, 2.75) is 0 Å². The average molecular weight is 368 g/mol. The molecule has 23 heavy (non-hydrogen) atoms. The van der Waals surface area contributed by atoms with E-state index in [1.165, 1.54) is 0 Å². The van der Waals surface area contributed by atoms with Gasteiger partial charge in [-0.05, 0) is 42.5 Å². The van der Waals surface area contributed by atoms with Crippen molar-refractivity contribution in [1.29, 1.82) is 0 Å². The highest BCUT2D eigenvalue weighted by Crippen LogP contribution is 2.26. The molecule has 0 atom stereocenters. The van der Waals surface area contributed by atoms with Gasteiger partial charge in [0.25, 0.3) is 5.91 Å². The molecule has 3 aromatic carbocycles. The van der Waals surface area contributed by atoms with Crippen LogP contribution in [0.15, 0.2) is 83.3 Å². The molecule has 3 aromatic rings. The molecule has 0 radical (unpaired) electrons. The van der Waals surface area contributed by atoms with Gasteiger partial charge in [-0.2, -0.15) is 0 Å². The number of carbonyl (C=O) groups excluding carboxylic acids is 1. The van der Waals surface area contributed by atoms with Crippen molar-refractivity contribution in [1.82, 2.24) is 0 Å². The smallest absolute Gasteiger partial charge is 0.259 e. The quantitative estimate of drug-likeness (QED) is 0.661. The fraction of sp³-hybridized carbons (Fsp3) is 0. The van der Waals surface area contributed by atoms with E-state index in [0.717, 1.165) is 10.2 Å². The van der Waals surface area contributed by atoms with Crippen molar-refractivity contribution in [3.05, 3.63) is 88.9 Å². The molecule has 3 rings (SSSR count). The summed E-state index contributed by atoms with van der Waals surface area (Å²) in [6.07, 6.45) is 0. The first-order chi connectivity index (χ1) is 11.2. The van der Waals surface area contributed by atoms with Crippen molar-refractivity contribution >= 4 is 27.5 Å². The summed E-state index contributed by atoms with van der Waals surface area (Å²) in [5, 5.41) is 2.88. The Morgan fingerprint density at radius 3 is 2.39 bits per heavy atom. The molecular weight excluding hydrogens is 354 g/mol. The molecule has 0 spiro atoms. The molecule has 0 aliphatic heterocycles. The Hall–Kier alpha value is -2.59. The van der Waals surface area contributed by atoms with Gasteiger partial charge in [0, 0.05) is 10.2 Å². The van der Waals surface area contributed by atoms with Gasteiger partial charge in [0.05, 0.1) is 5.56 Å². The van der Waals surface area contributed by atoms with Crippen molar-refractivity contribution in [2.75, 3.05) is 5.32 Å². The number of nitrogens with one attached hydrogen (secondary N) is 1. The third kappa shape index (κ3) is 3.99. The Morgan fingerprint density at radius 2 is 1.61 bits per heavy atom. The highest BCUT2D eigenvalue weighted by Gasteiger charge is 2.13. The largest absolute Gasteiger partial charge is 0.457 e. The first-order valence-electron chi connectivity index (χ1n) is 7.11. The predicted octanol–water partition coefficient (Wildman–Crippen LogP) is 5.49. The summed E-state index contributed by atoms with van der Waals surface area (Å²) in [5.41, 5.74) is 1.20. The second kappa shape index (κ2) is 7.11. The lowest BCUT2D eigenvalue weighted by molar-refractivity contribution is 0.102. The van der Waals surface area contributed by atoms with Crippen LogP contribution in [0, 0.1) is 0 Å². The van der Waals surface area contributed by atoms with Gasteiger partial charge >= 0.3 is 0 Å². The van der Waals surface area contributed by atoms with Gasteiger partial charge in [-0.3, -0.25) is 4.79 Å². The number of para-hydroxylation sites is 2. The monoisotopic (exact) mass is 367 g/mol. The number of halogens is 1. The van der Waals surface area contributed by atoms with Crippen LogP contribution in [0.5, 0.6) is 11.5 Å². The second-order valence-corrected chi connectivity index (χ2v) is 5.79. The van der Waals surface area contributed by atoms with Crippen LogP contribution in [0.1, 0.15) is 10.4 Å². The van der Waals surface area contributed by atoms with Crippen LogP contribution in [0.25, 0.3) is 0 Å². The van der Waals surface area contributed by atoms with Gasteiger partial charge in [-0.15, -0.1) is 0 Å². The summed E-state index contributed by atoms with van der Waals surface area (Å²) in [6, 6.07) is 24.0. The van der Waals surface area contributed by atoms with Gasteiger partial charge in [0.1, 0.15) is 11.5 Å². The lowest BCUT2D eigenvalue weighted by Crippen LogP contribution is -2.12. The van der Waals surface area contributed by atoms with Crippen LogP contribution in [-0.2, 0) is 0 Å². The van der Waals surface area contributed by atoms with Gasteiger partial charge in [-0.25, -0.2) is 0 Å². The number of ether oxygens (including phenoxy) is 1. The highest BCUT2D eigenvalue weighted by molar-refractivity contribution is 9.10. The first-order valence-corrected chi connectivity index (χ1v) is 7.90. The SMILES string of the molecule is O=C(Nc1cccc(Br)c1)c1ccccc1Oc1ccccc1. The van der Waals surface area contributed by atoms with E-state index in [2.05, 4.69) is 21.2 Å². The lowest BCUT2D eigenvalue weighted by atomic mass is 10.2. The molecule has 0 fully saturated rings.